The van der Waals surface area contributed by atoms with Gasteiger partial charge in [-0.05, 0) is 72.0 Å². The molecule has 0 unspecified atom stereocenters. The second-order valence-corrected chi connectivity index (χ2v) is 9.11. The van der Waals surface area contributed by atoms with Crippen molar-refractivity contribution in [2.45, 2.75) is 33.2 Å². The third-order valence-electron chi connectivity index (χ3n) is 6.65. The molecule has 0 saturated heterocycles. The number of carboxylic acids is 1. The number of aromatic nitrogens is 1. The highest BCUT2D eigenvalue weighted by molar-refractivity contribution is 6.01. The predicted octanol–water partition coefficient (Wildman–Crippen LogP) is 5.05. The van der Waals surface area contributed by atoms with E-state index in [2.05, 4.69) is 23.0 Å². The zero-order valence-corrected chi connectivity index (χ0v) is 21.8. The average molecular weight is 513 g/mol. The molecule has 0 atom stereocenters. The number of nitrogens with zero attached hydrogens (tertiary/aromatic N) is 1. The Morgan fingerprint density at radius 2 is 1.76 bits per heavy atom. The third kappa shape index (κ3) is 5.25. The van der Waals surface area contributed by atoms with Crippen LogP contribution in [0.4, 0.5) is 0 Å². The van der Waals surface area contributed by atoms with Crippen LogP contribution in [0.2, 0.25) is 0 Å². The Balaban J connectivity index is 1.88. The Kier molecular flexibility index (Phi) is 7.81. The van der Waals surface area contributed by atoms with Crippen molar-refractivity contribution in [2.24, 2.45) is 5.73 Å². The number of amides is 1. The molecule has 0 radical (unpaired) electrons. The molecule has 0 spiro atoms. The standard InChI is InChI=1S/C30H32N4O4/c1-4-12-33-29(35)20-7-6-18(25(14-20)24-11-9-22(38-3)16-26(24)30(36)37)13-21-17-34(5-2)27-15-19(28(31)32)8-10-23(21)27/h6-11,14-17H,4-5,12-13H2,1-3H3,(H3,31,32)(H,33,35)(H,36,37). The molecule has 3 aromatic carbocycles. The Labute approximate surface area is 221 Å². The number of carbonyl (C=O) groups excluding carboxylic acids is 1. The lowest BCUT2D eigenvalue weighted by Crippen LogP contribution is -2.24. The smallest absolute Gasteiger partial charge is 0.336 e. The first kappa shape index (κ1) is 26.5. The zero-order chi connectivity index (χ0) is 27.4. The van der Waals surface area contributed by atoms with Crippen molar-refractivity contribution in [3.63, 3.8) is 0 Å². The van der Waals surface area contributed by atoms with Gasteiger partial charge < -0.3 is 25.5 Å². The number of nitrogens with two attached hydrogens (primary N) is 1. The van der Waals surface area contributed by atoms with Gasteiger partial charge in [0, 0.05) is 47.7 Å². The van der Waals surface area contributed by atoms with E-state index in [1.54, 1.807) is 24.3 Å². The number of rotatable bonds is 10. The number of aryl methyl sites for hydroxylation is 1. The summed E-state index contributed by atoms with van der Waals surface area (Å²) in [6.07, 6.45) is 3.40. The maximum absolute atomic E-state index is 12.8. The lowest BCUT2D eigenvalue weighted by Gasteiger charge is -2.15. The van der Waals surface area contributed by atoms with Crippen LogP contribution in [-0.2, 0) is 13.0 Å². The van der Waals surface area contributed by atoms with Gasteiger partial charge in [-0.2, -0.15) is 0 Å². The highest BCUT2D eigenvalue weighted by atomic mass is 16.5. The minimum absolute atomic E-state index is 0.0113. The number of nitrogens with one attached hydrogen (secondary N) is 2. The van der Waals surface area contributed by atoms with Crippen molar-refractivity contribution >= 4 is 28.6 Å². The number of hydrogen-bond donors (Lipinski definition) is 4. The number of aromatic carboxylic acids is 1. The van der Waals surface area contributed by atoms with Gasteiger partial charge in [-0.3, -0.25) is 10.2 Å². The fourth-order valence-corrected chi connectivity index (χ4v) is 4.67. The molecule has 1 aromatic heterocycles. The Morgan fingerprint density at radius 1 is 1.00 bits per heavy atom. The normalized spacial score (nSPS) is 10.9. The summed E-state index contributed by atoms with van der Waals surface area (Å²) in [6.45, 7) is 5.33. The minimum Gasteiger partial charge on any atom is -0.497 e. The second-order valence-electron chi connectivity index (χ2n) is 9.11. The zero-order valence-electron chi connectivity index (χ0n) is 21.8. The molecule has 0 aliphatic carbocycles. The van der Waals surface area contributed by atoms with Crippen LogP contribution in [0.25, 0.3) is 22.0 Å². The highest BCUT2D eigenvalue weighted by Crippen LogP contribution is 2.34. The molecule has 4 aromatic rings. The largest absolute Gasteiger partial charge is 0.497 e. The van der Waals surface area contributed by atoms with Crippen LogP contribution in [0.1, 0.15) is 57.7 Å². The first-order valence-electron chi connectivity index (χ1n) is 12.6. The van der Waals surface area contributed by atoms with Crippen molar-refractivity contribution in [3.05, 3.63) is 88.6 Å². The second kappa shape index (κ2) is 11.2. The fourth-order valence-electron chi connectivity index (χ4n) is 4.67. The number of methoxy groups -OCH3 is 1. The molecule has 1 amide bonds. The van der Waals surface area contributed by atoms with Crippen LogP contribution >= 0.6 is 0 Å². The van der Waals surface area contributed by atoms with Crippen LogP contribution in [0.15, 0.2) is 60.8 Å². The fraction of sp³-hybridized carbons (Fsp3) is 0.233. The van der Waals surface area contributed by atoms with Crippen LogP contribution in [0.5, 0.6) is 5.75 Å². The summed E-state index contributed by atoms with van der Waals surface area (Å²) < 4.78 is 7.37. The van der Waals surface area contributed by atoms with E-state index in [9.17, 15) is 14.7 Å². The summed E-state index contributed by atoms with van der Waals surface area (Å²) in [4.78, 5) is 25.0. The summed E-state index contributed by atoms with van der Waals surface area (Å²) in [5.41, 5.74) is 11.0. The van der Waals surface area contributed by atoms with Crippen molar-refractivity contribution in [2.75, 3.05) is 13.7 Å². The van der Waals surface area contributed by atoms with E-state index in [0.717, 1.165) is 35.0 Å². The van der Waals surface area contributed by atoms with Gasteiger partial charge in [0.15, 0.2) is 0 Å². The number of benzene rings is 3. The van der Waals surface area contributed by atoms with Crippen molar-refractivity contribution in [1.29, 1.82) is 5.41 Å². The number of ether oxygens (including phenoxy) is 1. The van der Waals surface area contributed by atoms with Crippen LogP contribution < -0.4 is 15.8 Å². The molecular formula is C30H32N4O4. The van der Waals surface area contributed by atoms with Gasteiger partial charge in [-0.1, -0.05) is 25.1 Å². The molecular weight excluding hydrogens is 480 g/mol. The van der Waals surface area contributed by atoms with Crippen molar-refractivity contribution in [1.82, 2.24) is 9.88 Å². The van der Waals surface area contributed by atoms with Crippen LogP contribution in [-0.4, -0.2) is 41.0 Å². The molecule has 0 saturated carbocycles. The predicted molar refractivity (Wildman–Crippen MR) is 149 cm³/mol. The molecule has 0 fully saturated rings. The lowest BCUT2D eigenvalue weighted by molar-refractivity contribution is 0.0697. The molecule has 8 nitrogen and oxygen atoms in total. The van der Waals surface area contributed by atoms with Crippen molar-refractivity contribution in [3.8, 4) is 16.9 Å². The van der Waals surface area contributed by atoms with Gasteiger partial charge in [0.1, 0.15) is 11.6 Å². The first-order valence-corrected chi connectivity index (χ1v) is 12.6. The molecule has 4 rings (SSSR count). The molecule has 8 heteroatoms. The molecule has 196 valence electrons. The van der Waals surface area contributed by atoms with Crippen LogP contribution in [0, 0.1) is 5.41 Å². The monoisotopic (exact) mass is 512 g/mol. The maximum Gasteiger partial charge on any atom is 0.336 e. The van der Waals surface area contributed by atoms with Gasteiger partial charge in [-0.25, -0.2) is 4.79 Å². The highest BCUT2D eigenvalue weighted by Gasteiger charge is 2.19. The number of fused-ring (bicyclic) bond motifs is 1. The van der Waals surface area contributed by atoms with E-state index in [4.69, 9.17) is 15.9 Å². The Bertz CT molecular complexity index is 1540. The van der Waals surface area contributed by atoms with E-state index in [1.807, 2.05) is 31.2 Å². The number of nitrogen functional groups attached to an aromatic ring is 1. The van der Waals surface area contributed by atoms with Gasteiger partial charge >= 0.3 is 5.97 Å². The minimum atomic E-state index is -1.08. The number of hydrogen-bond acceptors (Lipinski definition) is 4. The molecule has 0 aliphatic rings. The SMILES string of the molecule is CCCNC(=O)c1ccc(Cc2cn(CC)c3cc(C(=N)N)ccc23)c(-c2ccc(OC)cc2C(=O)O)c1. The number of carbonyl (C=O) groups is 2. The molecule has 5 N–H and O–H groups in total. The summed E-state index contributed by atoms with van der Waals surface area (Å²) >= 11 is 0. The summed E-state index contributed by atoms with van der Waals surface area (Å²) in [7, 11) is 1.49. The van der Waals surface area contributed by atoms with E-state index >= 15 is 0 Å². The Hall–Kier alpha value is -4.59. The van der Waals surface area contributed by atoms with Gasteiger partial charge in [-0.15, -0.1) is 0 Å². The summed E-state index contributed by atoms with van der Waals surface area (Å²) in [6, 6.07) is 16.1. The van der Waals surface area contributed by atoms with E-state index in [-0.39, 0.29) is 17.3 Å². The summed E-state index contributed by atoms with van der Waals surface area (Å²) in [5.74, 6) is -0.830. The van der Waals surface area contributed by atoms with E-state index in [0.29, 0.717) is 41.0 Å². The quantitative estimate of drug-likeness (QED) is 0.174. The lowest BCUT2D eigenvalue weighted by atomic mass is 9.90. The average Bonchev–Trinajstić information content (AvgIpc) is 3.28. The Morgan fingerprint density at radius 3 is 2.42 bits per heavy atom. The van der Waals surface area contributed by atoms with E-state index in [1.165, 1.54) is 13.2 Å². The van der Waals surface area contributed by atoms with Gasteiger partial charge in [0.25, 0.3) is 5.91 Å². The molecule has 0 bridgehead atoms. The third-order valence-corrected chi connectivity index (χ3v) is 6.65. The molecule has 38 heavy (non-hydrogen) atoms. The first-order chi connectivity index (χ1) is 18.3. The molecule has 0 aliphatic heterocycles. The maximum atomic E-state index is 12.8. The van der Waals surface area contributed by atoms with Crippen molar-refractivity contribution < 1.29 is 19.4 Å². The van der Waals surface area contributed by atoms with E-state index < -0.39 is 5.97 Å². The number of amidine groups is 1. The molecule has 1 heterocycles. The summed E-state index contributed by atoms with van der Waals surface area (Å²) in [5, 5.41) is 21.7. The topological polar surface area (TPSA) is 130 Å². The van der Waals surface area contributed by atoms with Gasteiger partial charge in [0.2, 0.25) is 0 Å². The van der Waals surface area contributed by atoms with Gasteiger partial charge in [0.05, 0.1) is 12.7 Å². The number of carboxylic acid groups (broad SMARTS) is 1. The van der Waals surface area contributed by atoms with Crippen LogP contribution in [0.3, 0.4) is 0 Å².